The average Bonchev–Trinajstić information content (AvgIpc) is 2.92. The van der Waals surface area contributed by atoms with Gasteiger partial charge in [-0.2, -0.15) is 9.65 Å². The second-order valence-corrected chi connectivity index (χ2v) is 4.42. The van der Waals surface area contributed by atoms with Crippen molar-refractivity contribution in [3.05, 3.63) is 29.8 Å². The van der Waals surface area contributed by atoms with Crippen LogP contribution in [0.4, 0.5) is 4.39 Å². The number of pyridine rings is 1. The first-order valence-electron chi connectivity index (χ1n) is 6.20. The molecule has 0 spiro atoms. The van der Waals surface area contributed by atoms with Gasteiger partial charge in [0.1, 0.15) is 6.04 Å². The summed E-state index contributed by atoms with van der Waals surface area (Å²) in [6.07, 6.45) is 2.62. The zero-order valence-corrected chi connectivity index (χ0v) is 10.7. The maximum absolute atomic E-state index is 12.9. The van der Waals surface area contributed by atoms with Crippen molar-refractivity contribution < 1.29 is 14.0 Å². The lowest BCUT2D eigenvalue weighted by Gasteiger charge is -2.19. The van der Waals surface area contributed by atoms with E-state index >= 15 is 0 Å². The summed E-state index contributed by atoms with van der Waals surface area (Å²) in [5.74, 6) is -1.61. The molecule has 0 saturated carbocycles. The number of halogens is 1. The normalized spacial score (nSPS) is 17.6. The first kappa shape index (κ1) is 13.9. The van der Waals surface area contributed by atoms with Gasteiger partial charge in [0, 0.05) is 24.4 Å². The molecule has 0 aromatic carbocycles. The van der Waals surface area contributed by atoms with Crippen molar-refractivity contribution in [2.45, 2.75) is 18.9 Å². The molecule has 104 valence electrons. The van der Waals surface area contributed by atoms with E-state index in [9.17, 15) is 14.0 Å². The fourth-order valence-corrected chi connectivity index (χ4v) is 2.10. The van der Waals surface area contributed by atoms with Gasteiger partial charge in [-0.25, -0.2) is 4.98 Å². The summed E-state index contributed by atoms with van der Waals surface area (Å²) in [6, 6.07) is 3.99. The van der Waals surface area contributed by atoms with Gasteiger partial charge >= 0.3 is 0 Å². The minimum absolute atomic E-state index is 0.101. The maximum atomic E-state index is 12.9. The highest BCUT2D eigenvalue weighted by molar-refractivity contribution is 5.96. The molecule has 2 rings (SSSR count). The predicted octanol–water partition coefficient (Wildman–Crippen LogP) is 0.465. The van der Waals surface area contributed by atoms with Crippen LogP contribution in [0.25, 0.3) is 0 Å². The zero-order chi connectivity index (χ0) is 14.5. The molecular formula is C13H13FN4O2. The number of carbonyl (C=O) groups is 2. The number of hydrogen-bond donors (Lipinski definition) is 1. The van der Waals surface area contributed by atoms with E-state index in [-0.39, 0.29) is 18.0 Å². The molecule has 0 unspecified atom stereocenters. The van der Waals surface area contributed by atoms with E-state index in [2.05, 4.69) is 16.4 Å². The van der Waals surface area contributed by atoms with Crippen LogP contribution < -0.4 is 5.32 Å². The van der Waals surface area contributed by atoms with Gasteiger partial charge in [0.25, 0.3) is 5.91 Å². The predicted molar refractivity (Wildman–Crippen MR) is 66.9 cm³/mol. The van der Waals surface area contributed by atoms with Crippen molar-refractivity contribution in [1.82, 2.24) is 15.2 Å². The first-order chi connectivity index (χ1) is 9.61. The molecule has 6 nitrogen and oxygen atoms in total. The van der Waals surface area contributed by atoms with Crippen LogP contribution in [0.15, 0.2) is 18.3 Å². The Kier molecular flexibility index (Phi) is 4.25. The highest BCUT2D eigenvalue weighted by Gasteiger charge is 2.28. The van der Waals surface area contributed by atoms with E-state index in [4.69, 9.17) is 5.26 Å². The summed E-state index contributed by atoms with van der Waals surface area (Å²) in [5.41, 5.74) is 0.101. The van der Waals surface area contributed by atoms with Gasteiger partial charge in [-0.15, -0.1) is 0 Å². The molecule has 2 heterocycles. The molecule has 1 aliphatic heterocycles. The summed E-state index contributed by atoms with van der Waals surface area (Å²) < 4.78 is 12.9. The lowest BCUT2D eigenvalue weighted by atomic mass is 10.2. The summed E-state index contributed by atoms with van der Waals surface area (Å²) in [5, 5.41) is 11.3. The van der Waals surface area contributed by atoms with Crippen LogP contribution in [0, 0.1) is 17.3 Å². The van der Waals surface area contributed by atoms with E-state index in [1.165, 1.54) is 17.2 Å². The van der Waals surface area contributed by atoms with Crippen LogP contribution in [-0.4, -0.2) is 40.8 Å². The van der Waals surface area contributed by atoms with Crippen LogP contribution in [0.3, 0.4) is 0 Å². The number of hydrogen-bond acceptors (Lipinski definition) is 4. The average molecular weight is 276 g/mol. The molecule has 1 aromatic rings. The van der Waals surface area contributed by atoms with E-state index in [0.717, 1.165) is 12.5 Å². The molecule has 2 amide bonds. The molecule has 1 N–H and O–H groups in total. The van der Waals surface area contributed by atoms with Crippen LogP contribution in [0.5, 0.6) is 0 Å². The second kappa shape index (κ2) is 6.10. The van der Waals surface area contributed by atoms with Crippen molar-refractivity contribution in [3.8, 4) is 6.07 Å². The monoisotopic (exact) mass is 276 g/mol. The van der Waals surface area contributed by atoms with Crippen molar-refractivity contribution >= 4 is 11.8 Å². The third-order valence-corrected chi connectivity index (χ3v) is 3.11. The Morgan fingerprint density at radius 1 is 1.60 bits per heavy atom. The molecule has 1 aliphatic rings. The fraction of sp³-hybridized carbons (Fsp3) is 0.385. The molecule has 20 heavy (non-hydrogen) atoms. The standard InChI is InChI=1S/C13H13FN4O2/c14-11-6-9(3-4-16-11)13(20)17-8-12(19)18-5-1-2-10(18)7-15/h3-4,6,10H,1-2,5,8H2,(H,17,20)/t10-/m0/s1. The number of nitriles is 1. The topological polar surface area (TPSA) is 86.1 Å². The molecule has 0 aliphatic carbocycles. The SMILES string of the molecule is N#C[C@@H]1CCCN1C(=O)CNC(=O)c1ccnc(F)c1. The van der Waals surface area contributed by atoms with Gasteiger partial charge in [0.15, 0.2) is 0 Å². The van der Waals surface area contributed by atoms with Crippen molar-refractivity contribution in [1.29, 1.82) is 5.26 Å². The molecule has 1 fully saturated rings. The van der Waals surface area contributed by atoms with E-state index in [0.29, 0.717) is 13.0 Å². The molecular weight excluding hydrogens is 263 g/mol. The highest BCUT2D eigenvalue weighted by atomic mass is 19.1. The van der Waals surface area contributed by atoms with Gasteiger partial charge in [-0.3, -0.25) is 9.59 Å². The Labute approximate surface area is 115 Å². The second-order valence-electron chi connectivity index (χ2n) is 4.42. The molecule has 1 atom stereocenters. The third-order valence-electron chi connectivity index (χ3n) is 3.11. The van der Waals surface area contributed by atoms with Gasteiger partial charge in [0.2, 0.25) is 11.9 Å². The number of nitrogens with zero attached hydrogens (tertiary/aromatic N) is 3. The maximum Gasteiger partial charge on any atom is 0.251 e. The first-order valence-corrected chi connectivity index (χ1v) is 6.20. The number of aromatic nitrogens is 1. The molecule has 1 saturated heterocycles. The number of likely N-dealkylation sites (tertiary alicyclic amines) is 1. The van der Waals surface area contributed by atoms with Crippen LogP contribution in [0.1, 0.15) is 23.2 Å². The molecule has 0 bridgehead atoms. The number of nitrogens with one attached hydrogen (secondary N) is 1. The lowest BCUT2D eigenvalue weighted by molar-refractivity contribution is -0.130. The Morgan fingerprint density at radius 3 is 3.10 bits per heavy atom. The zero-order valence-electron chi connectivity index (χ0n) is 10.7. The smallest absolute Gasteiger partial charge is 0.251 e. The largest absolute Gasteiger partial charge is 0.343 e. The van der Waals surface area contributed by atoms with Crippen LogP contribution in [0.2, 0.25) is 0 Å². The molecule has 0 radical (unpaired) electrons. The number of rotatable bonds is 3. The highest BCUT2D eigenvalue weighted by Crippen LogP contribution is 2.16. The number of amides is 2. The Morgan fingerprint density at radius 2 is 2.40 bits per heavy atom. The van der Waals surface area contributed by atoms with E-state index in [1.807, 2.05) is 0 Å². The summed E-state index contributed by atoms with van der Waals surface area (Å²) in [4.78, 5) is 28.4. The van der Waals surface area contributed by atoms with E-state index in [1.54, 1.807) is 0 Å². The minimum atomic E-state index is -0.756. The summed E-state index contributed by atoms with van der Waals surface area (Å²) in [6.45, 7) is 0.317. The van der Waals surface area contributed by atoms with Gasteiger partial charge in [-0.05, 0) is 18.9 Å². The minimum Gasteiger partial charge on any atom is -0.343 e. The van der Waals surface area contributed by atoms with E-state index < -0.39 is 17.9 Å². The molecule has 1 aromatic heterocycles. The molecule has 7 heteroatoms. The Hall–Kier alpha value is -2.49. The quantitative estimate of drug-likeness (QED) is 0.813. The van der Waals surface area contributed by atoms with Crippen LogP contribution >= 0.6 is 0 Å². The van der Waals surface area contributed by atoms with Crippen molar-refractivity contribution in [2.75, 3.05) is 13.1 Å². The van der Waals surface area contributed by atoms with Gasteiger partial charge in [0.05, 0.1) is 12.6 Å². The lowest BCUT2D eigenvalue weighted by Crippen LogP contribution is -2.42. The fourth-order valence-electron chi connectivity index (χ4n) is 2.10. The summed E-state index contributed by atoms with van der Waals surface area (Å²) >= 11 is 0. The van der Waals surface area contributed by atoms with Crippen molar-refractivity contribution in [3.63, 3.8) is 0 Å². The van der Waals surface area contributed by atoms with Gasteiger partial charge in [-0.1, -0.05) is 0 Å². The van der Waals surface area contributed by atoms with Crippen molar-refractivity contribution in [2.24, 2.45) is 0 Å². The Balaban J connectivity index is 1.90. The Bertz CT molecular complexity index is 570. The number of carbonyl (C=O) groups excluding carboxylic acids is 2. The third kappa shape index (κ3) is 3.09. The summed E-state index contributed by atoms with van der Waals surface area (Å²) in [7, 11) is 0. The van der Waals surface area contributed by atoms with Gasteiger partial charge < -0.3 is 10.2 Å². The van der Waals surface area contributed by atoms with Crippen LogP contribution in [-0.2, 0) is 4.79 Å².